The maximum Gasteiger partial charge on any atom is 0.255 e. The summed E-state index contributed by atoms with van der Waals surface area (Å²) in [5.41, 5.74) is 0.410. The van der Waals surface area contributed by atoms with Crippen LogP contribution in [-0.2, 0) is 6.42 Å². The van der Waals surface area contributed by atoms with Crippen LogP contribution in [0.15, 0.2) is 24.5 Å². The largest absolute Gasteiger partial charge is 0.496 e. The van der Waals surface area contributed by atoms with Crippen LogP contribution in [0, 0.1) is 0 Å². The van der Waals surface area contributed by atoms with Crippen LogP contribution in [0.4, 0.5) is 0 Å². The highest BCUT2D eigenvalue weighted by molar-refractivity contribution is 6.31. The molecule has 1 aromatic carbocycles. The first-order valence-electron chi connectivity index (χ1n) is 5.66. The zero-order valence-corrected chi connectivity index (χ0v) is 11.1. The van der Waals surface area contributed by atoms with Crippen LogP contribution in [0.25, 0.3) is 0 Å². The first-order valence-corrected chi connectivity index (χ1v) is 6.04. The van der Waals surface area contributed by atoms with E-state index in [1.807, 2.05) is 0 Å². The van der Waals surface area contributed by atoms with Gasteiger partial charge in [-0.15, -0.1) is 0 Å². The van der Waals surface area contributed by atoms with E-state index >= 15 is 0 Å². The fourth-order valence-electron chi connectivity index (χ4n) is 1.60. The van der Waals surface area contributed by atoms with Crippen molar-refractivity contribution in [3.8, 4) is 5.75 Å². The molecule has 2 aromatic rings. The topological polar surface area (TPSA) is 79.9 Å². The third-order valence-electron chi connectivity index (χ3n) is 2.52. The number of hydrogen-bond donors (Lipinski definition) is 2. The molecule has 1 aromatic heterocycles. The van der Waals surface area contributed by atoms with Crippen molar-refractivity contribution in [3.63, 3.8) is 0 Å². The second kappa shape index (κ2) is 6.19. The van der Waals surface area contributed by atoms with E-state index < -0.39 is 0 Å². The Hall–Kier alpha value is -2.08. The molecule has 0 radical (unpaired) electrons. The number of carbonyl (C=O) groups excluding carboxylic acids is 1. The van der Waals surface area contributed by atoms with Gasteiger partial charge in [-0.1, -0.05) is 11.6 Å². The predicted octanol–water partition coefficient (Wildman–Crippen LogP) is 1.44. The van der Waals surface area contributed by atoms with E-state index in [-0.39, 0.29) is 5.91 Å². The number of aromatic amines is 1. The molecule has 19 heavy (non-hydrogen) atoms. The smallest absolute Gasteiger partial charge is 0.255 e. The fourth-order valence-corrected chi connectivity index (χ4v) is 1.77. The highest BCUT2D eigenvalue weighted by Gasteiger charge is 2.12. The Bertz CT molecular complexity index is 557. The number of ether oxygens (including phenoxy) is 1. The summed E-state index contributed by atoms with van der Waals surface area (Å²) >= 11 is 5.87. The average molecular weight is 281 g/mol. The Morgan fingerprint density at radius 1 is 1.53 bits per heavy atom. The van der Waals surface area contributed by atoms with E-state index in [9.17, 15) is 4.79 Å². The second-order valence-corrected chi connectivity index (χ2v) is 4.22. The van der Waals surface area contributed by atoms with Crippen LogP contribution in [0.2, 0.25) is 5.02 Å². The van der Waals surface area contributed by atoms with Crippen LogP contribution in [-0.4, -0.2) is 34.7 Å². The Labute approximate surface area is 115 Å². The third kappa shape index (κ3) is 3.45. The van der Waals surface area contributed by atoms with E-state index in [1.165, 1.54) is 13.4 Å². The molecule has 0 spiro atoms. The lowest BCUT2D eigenvalue weighted by Gasteiger charge is -2.09. The summed E-state index contributed by atoms with van der Waals surface area (Å²) in [6, 6.07) is 4.91. The Balaban J connectivity index is 1.97. The number of amides is 1. The maximum atomic E-state index is 12.0. The minimum Gasteiger partial charge on any atom is -0.496 e. The van der Waals surface area contributed by atoms with Crippen LogP contribution < -0.4 is 10.1 Å². The quantitative estimate of drug-likeness (QED) is 0.868. The van der Waals surface area contributed by atoms with E-state index in [0.717, 1.165) is 5.82 Å². The van der Waals surface area contributed by atoms with Gasteiger partial charge in [0.25, 0.3) is 5.91 Å². The molecule has 0 aliphatic rings. The molecule has 0 saturated heterocycles. The SMILES string of the molecule is COc1ccc(Cl)cc1C(=O)NCCc1ncn[nH]1. The number of hydrogen-bond acceptors (Lipinski definition) is 4. The number of carbonyl (C=O) groups is 1. The van der Waals surface area contributed by atoms with Crippen molar-refractivity contribution in [3.05, 3.63) is 40.9 Å². The van der Waals surface area contributed by atoms with Crippen molar-refractivity contribution in [1.29, 1.82) is 0 Å². The number of aromatic nitrogens is 3. The lowest BCUT2D eigenvalue weighted by Crippen LogP contribution is -2.26. The van der Waals surface area contributed by atoms with Crippen molar-refractivity contribution >= 4 is 17.5 Å². The first-order chi connectivity index (χ1) is 9.20. The number of methoxy groups -OCH3 is 1. The molecule has 100 valence electrons. The number of H-pyrrole nitrogens is 1. The number of halogens is 1. The van der Waals surface area contributed by atoms with Crippen LogP contribution in [0.5, 0.6) is 5.75 Å². The van der Waals surface area contributed by atoms with Crippen molar-refractivity contribution in [2.45, 2.75) is 6.42 Å². The van der Waals surface area contributed by atoms with E-state index in [4.69, 9.17) is 16.3 Å². The highest BCUT2D eigenvalue weighted by Crippen LogP contribution is 2.22. The van der Waals surface area contributed by atoms with Crippen LogP contribution >= 0.6 is 11.6 Å². The normalized spacial score (nSPS) is 10.2. The number of benzene rings is 1. The number of rotatable bonds is 5. The molecular formula is C12H13ClN4O2. The van der Waals surface area contributed by atoms with Gasteiger partial charge in [0.15, 0.2) is 0 Å². The third-order valence-corrected chi connectivity index (χ3v) is 2.75. The van der Waals surface area contributed by atoms with Gasteiger partial charge < -0.3 is 10.1 Å². The molecule has 0 fully saturated rings. The second-order valence-electron chi connectivity index (χ2n) is 3.78. The van der Waals surface area contributed by atoms with Crippen molar-refractivity contribution < 1.29 is 9.53 Å². The van der Waals surface area contributed by atoms with Crippen molar-refractivity contribution in [2.24, 2.45) is 0 Å². The van der Waals surface area contributed by atoms with Gasteiger partial charge in [0.05, 0.1) is 12.7 Å². The van der Waals surface area contributed by atoms with E-state index in [2.05, 4.69) is 20.5 Å². The maximum absolute atomic E-state index is 12.0. The first kappa shape index (κ1) is 13.4. The Morgan fingerprint density at radius 2 is 2.37 bits per heavy atom. The lowest BCUT2D eigenvalue weighted by atomic mass is 10.2. The minimum atomic E-state index is -0.237. The standard InChI is InChI=1S/C12H13ClN4O2/c1-19-10-3-2-8(13)6-9(10)12(18)14-5-4-11-15-7-16-17-11/h2-3,6-7H,4-5H2,1H3,(H,14,18)(H,15,16,17). The van der Waals surface area contributed by atoms with Gasteiger partial charge in [-0.2, -0.15) is 5.10 Å². The van der Waals surface area contributed by atoms with Gasteiger partial charge >= 0.3 is 0 Å². The fraction of sp³-hybridized carbons (Fsp3) is 0.250. The zero-order chi connectivity index (χ0) is 13.7. The molecule has 2 rings (SSSR count). The van der Waals surface area contributed by atoms with E-state index in [0.29, 0.717) is 29.3 Å². The Kier molecular flexibility index (Phi) is 4.35. The molecule has 0 bridgehead atoms. The molecule has 0 aliphatic heterocycles. The molecule has 0 atom stereocenters. The van der Waals surface area contributed by atoms with Crippen LogP contribution in [0.3, 0.4) is 0 Å². The van der Waals surface area contributed by atoms with Crippen LogP contribution in [0.1, 0.15) is 16.2 Å². The number of nitrogens with one attached hydrogen (secondary N) is 2. The molecule has 0 saturated carbocycles. The van der Waals surface area contributed by atoms with Gasteiger partial charge in [0, 0.05) is 18.0 Å². The summed E-state index contributed by atoms with van der Waals surface area (Å²) in [7, 11) is 1.51. The molecule has 1 amide bonds. The molecule has 6 nitrogen and oxygen atoms in total. The molecular weight excluding hydrogens is 268 g/mol. The lowest BCUT2D eigenvalue weighted by molar-refractivity contribution is 0.0951. The summed E-state index contributed by atoms with van der Waals surface area (Å²) in [6.07, 6.45) is 2.01. The summed E-state index contributed by atoms with van der Waals surface area (Å²) in [5, 5.41) is 9.72. The van der Waals surface area contributed by atoms with Gasteiger partial charge in [-0.25, -0.2) is 4.98 Å². The molecule has 7 heteroatoms. The summed E-state index contributed by atoms with van der Waals surface area (Å²) in [5.74, 6) is 0.971. The summed E-state index contributed by atoms with van der Waals surface area (Å²) < 4.78 is 5.13. The summed E-state index contributed by atoms with van der Waals surface area (Å²) in [4.78, 5) is 16.0. The monoisotopic (exact) mass is 280 g/mol. The van der Waals surface area contributed by atoms with Gasteiger partial charge in [0.1, 0.15) is 17.9 Å². The van der Waals surface area contributed by atoms with Crippen molar-refractivity contribution in [2.75, 3.05) is 13.7 Å². The van der Waals surface area contributed by atoms with Crippen molar-refractivity contribution in [1.82, 2.24) is 20.5 Å². The Morgan fingerprint density at radius 3 is 3.05 bits per heavy atom. The molecule has 0 aliphatic carbocycles. The predicted molar refractivity (Wildman–Crippen MR) is 70.4 cm³/mol. The molecule has 1 heterocycles. The van der Waals surface area contributed by atoms with Gasteiger partial charge in [-0.3, -0.25) is 9.89 Å². The average Bonchev–Trinajstić information content (AvgIpc) is 2.91. The zero-order valence-electron chi connectivity index (χ0n) is 10.3. The van der Waals surface area contributed by atoms with Gasteiger partial charge in [0.2, 0.25) is 0 Å². The molecule has 0 unspecified atom stereocenters. The molecule has 2 N–H and O–H groups in total. The van der Waals surface area contributed by atoms with E-state index in [1.54, 1.807) is 18.2 Å². The highest BCUT2D eigenvalue weighted by atomic mass is 35.5. The summed E-state index contributed by atoms with van der Waals surface area (Å²) in [6.45, 7) is 0.448. The minimum absolute atomic E-state index is 0.237. The van der Waals surface area contributed by atoms with Gasteiger partial charge in [-0.05, 0) is 18.2 Å². The number of nitrogens with zero attached hydrogens (tertiary/aromatic N) is 2.